The van der Waals surface area contributed by atoms with Crippen LogP contribution in [0.15, 0.2) is 6.07 Å². The van der Waals surface area contributed by atoms with Crippen molar-refractivity contribution in [2.75, 3.05) is 6.54 Å². The van der Waals surface area contributed by atoms with E-state index in [1.54, 1.807) is 0 Å². The average Bonchev–Trinajstić information content (AvgIpc) is 2.41. The summed E-state index contributed by atoms with van der Waals surface area (Å²) < 4.78 is 0. The normalized spacial score (nSPS) is 18.9. The number of rotatable bonds is 2. The smallest absolute Gasteiger partial charge is 0.00783 e. The largest absolute Gasteiger partial charge is 0.330 e. The van der Waals surface area contributed by atoms with Gasteiger partial charge < -0.3 is 5.73 Å². The Hall–Kier alpha value is -0.820. The topological polar surface area (TPSA) is 26.0 Å². The van der Waals surface area contributed by atoms with Crippen LogP contribution in [0, 0.1) is 27.7 Å². The van der Waals surface area contributed by atoms with E-state index >= 15 is 0 Å². The molecule has 1 aromatic rings. The van der Waals surface area contributed by atoms with Crippen molar-refractivity contribution in [3.05, 3.63) is 33.9 Å². The van der Waals surface area contributed by atoms with Crippen LogP contribution in [0.4, 0.5) is 0 Å². The zero-order valence-corrected chi connectivity index (χ0v) is 12.4. The molecular weight excluding hydrogens is 218 g/mol. The van der Waals surface area contributed by atoms with Gasteiger partial charge in [-0.2, -0.15) is 0 Å². The van der Waals surface area contributed by atoms with Crippen LogP contribution in [0.1, 0.15) is 59.9 Å². The average molecular weight is 245 g/mol. The SMILES string of the molecule is Cc1cc(C2(CN)CCCCC2)c(C)c(C)c1C. The molecule has 0 spiro atoms. The third kappa shape index (κ3) is 2.09. The summed E-state index contributed by atoms with van der Waals surface area (Å²) in [5.41, 5.74) is 13.8. The molecule has 0 unspecified atom stereocenters. The minimum atomic E-state index is 0.256. The lowest BCUT2D eigenvalue weighted by atomic mass is 9.67. The lowest BCUT2D eigenvalue weighted by molar-refractivity contribution is 0.299. The minimum absolute atomic E-state index is 0.256. The van der Waals surface area contributed by atoms with Crippen molar-refractivity contribution < 1.29 is 0 Å². The van der Waals surface area contributed by atoms with Gasteiger partial charge in [0.25, 0.3) is 0 Å². The zero-order valence-electron chi connectivity index (χ0n) is 12.4. The van der Waals surface area contributed by atoms with Gasteiger partial charge in [0.2, 0.25) is 0 Å². The van der Waals surface area contributed by atoms with E-state index in [1.165, 1.54) is 59.9 Å². The van der Waals surface area contributed by atoms with Crippen molar-refractivity contribution in [1.29, 1.82) is 0 Å². The Labute approximate surface area is 112 Å². The second-order valence-electron chi connectivity index (χ2n) is 6.16. The van der Waals surface area contributed by atoms with Gasteiger partial charge in [-0.3, -0.25) is 0 Å². The van der Waals surface area contributed by atoms with Crippen LogP contribution in [-0.4, -0.2) is 6.54 Å². The second kappa shape index (κ2) is 5.05. The number of hydrogen-bond acceptors (Lipinski definition) is 1. The van der Waals surface area contributed by atoms with Gasteiger partial charge >= 0.3 is 0 Å². The van der Waals surface area contributed by atoms with E-state index in [4.69, 9.17) is 5.73 Å². The highest BCUT2D eigenvalue weighted by Crippen LogP contribution is 2.41. The number of hydrogen-bond donors (Lipinski definition) is 1. The molecule has 1 nitrogen and oxygen atoms in total. The molecule has 1 fully saturated rings. The predicted molar refractivity (Wildman–Crippen MR) is 79.2 cm³/mol. The highest BCUT2D eigenvalue weighted by atomic mass is 14.6. The summed E-state index contributed by atoms with van der Waals surface area (Å²) >= 11 is 0. The van der Waals surface area contributed by atoms with Gasteiger partial charge in [-0.25, -0.2) is 0 Å². The molecule has 0 radical (unpaired) electrons. The predicted octanol–water partition coefficient (Wildman–Crippen LogP) is 4.08. The van der Waals surface area contributed by atoms with E-state index in [9.17, 15) is 0 Å². The van der Waals surface area contributed by atoms with E-state index in [1.807, 2.05) is 0 Å². The van der Waals surface area contributed by atoms with Crippen LogP contribution in [0.3, 0.4) is 0 Å². The molecule has 0 bridgehead atoms. The van der Waals surface area contributed by atoms with Crippen LogP contribution < -0.4 is 5.73 Å². The Morgan fingerprint density at radius 1 is 0.944 bits per heavy atom. The molecule has 0 atom stereocenters. The van der Waals surface area contributed by atoms with E-state index in [0.717, 1.165) is 6.54 Å². The van der Waals surface area contributed by atoms with E-state index in [-0.39, 0.29) is 5.41 Å². The Morgan fingerprint density at radius 3 is 2.11 bits per heavy atom. The lowest BCUT2D eigenvalue weighted by Gasteiger charge is -2.39. The van der Waals surface area contributed by atoms with Crippen molar-refractivity contribution in [1.82, 2.24) is 0 Å². The Kier molecular flexibility index (Phi) is 3.82. The molecule has 0 amide bonds. The first-order valence-electron chi connectivity index (χ1n) is 7.30. The van der Waals surface area contributed by atoms with Crippen molar-refractivity contribution in [3.63, 3.8) is 0 Å². The van der Waals surface area contributed by atoms with Crippen LogP contribution >= 0.6 is 0 Å². The molecule has 1 aliphatic carbocycles. The molecular formula is C17H27N. The molecule has 2 N–H and O–H groups in total. The van der Waals surface area contributed by atoms with Gasteiger partial charge in [0.05, 0.1) is 0 Å². The fourth-order valence-electron chi connectivity index (χ4n) is 3.57. The molecule has 2 rings (SSSR count). The van der Waals surface area contributed by atoms with E-state index in [2.05, 4.69) is 33.8 Å². The number of nitrogens with two attached hydrogens (primary N) is 1. The summed E-state index contributed by atoms with van der Waals surface area (Å²) in [6, 6.07) is 2.41. The molecule has 1 heteroatoms. The molecule has 0 heterocycles. The summed E-state index contributed by atoms with van der Waals surface area (Å²) in [5, 5.41) is 0. The third-order valence-corrected chi connectivity index (χ3v) is 5.25. The first-order valence-corrected chi connectivity index (χ1v) is 7.30. The maximum absolute atomic E-state index is 6.18. The maximum atomic E-state index is 6.18. The highest BCUT2D eigenvalue weighted by Gasteiger charge is 2.34. The fourth-order valence-corrected chi connectivity index (χ4v) is 3.57. The van der Waals surface area contributed by atoms with E-state index < -0.39 is 0 Å². The highest BCUT2D eigenvalue weighted by molar-refractivity contribution is 5.47. The summed E-state index contributed by atoms with van der Waals surface area (Å²) in [5.74, 6) is 0. The van der Waals surface area contributed by atoms with Gasteiger partial charge in [-0.05, 0) is 68.4 Å². The van der Waals surface area contributed by atoms with Gasteiger partial charge in [0, 0.05) is 12.0 Å². The Balaban J connectivity index is 2.55. The molecule has 1 aromatic carbocycles. The number of aryl methyl sites for hydroxylation is 1. The summed E-state index contributed by atoms with van der Waals surface area (Å²) in [4.78, 5) is 0. The molecule has 0 aliphatic heterocycles. The van der Waals surface area contributed by atoms with Crippen molar-refractivity contribution >= 4 is 0 Å². The van der Waals surface area contributed by atoms with Crippen molar-refractivity contribution in [2.24, 2.45) is 5.73 Å². The quantitative estimate of drug-likeness (QED) is 0.834. The van der Waals surface area contributed by atoms with Gasteiger partial charge in [-0.15, -0.1) is 0 Å². The molecule has 0 aromatic heterocycles. The first kappa shape index (κ1) is 13.6. The van der Waals surface area contributed by atoms with E-state index in [0.29, 0.717) is 0 Å². The summed E-state index contributed by atoms with van der Waals surface area (Å²) in [7, 11) is 0. The van der Waals surface area contributed by atoms with Gasteiger partial charge in [0.15, 0.2) is 0 Å². The number of benzene rings is 1. The maximum Gasteiger partial charge on any atom is 0.00783 e. The van der Waals surface area contributed by atoms with Crippen LogP contribution in [0.25, 0.3) is 0 Å². The van der Waals surface area contributed by atoms with Gasteiger partial charge in [-0.1, -0.05) is 25.3 Å². The lowest BCUT2D eigenvalue weighted by Crippen LogP contribution is -2.38. The molecule has 100 valence electrons. The third-order valence-electron chi connectivity index (χ3n) is 5.25. The van der Waals surface area contributed by atoms with Crippen LogP contribution in [-0.2, 0) is 5.41 Å². The Morgan fingerprint density at radius 2 is 1.56 bits per heavy atom. The monoisotopic (exact) mass is 245 g/mol. The van der Waals surface area contributed by atoms with Crippen LogP contribution in [0.5, 0.6) is 0 Å². The van der Waals surface area contributed by atoms with Crippen LogP contribution in [0.2, 0.25) is 0 Å². The van der Waals surface area contributed by atoms with Gasteiger partial charge in [0.1, 0.15) is 0 Å². The minimum Gasteiger partial charge on any atom is -0.330 e. The standard InChI is InChI=1S/C17H27N/c1-12-10-16(15(4)14(3)13(12)2)17(11-18)8-6-5-7-9-17/h10H,5-9,11,18H2,1-4H3. The molecule has 18 heavy (non-hydrogen) atoms. The second-order valence-corrected chi connectivity index (χ2v) is 6.16. The molecule has 1 aliphatic rings. The molecule has 1 saturated carbocycles. The molecule has 0 saturated heterocycles. The zero-order chi connectivity index (χ0) is 13.3. The Bertz CT molecular complexity index is 439. The fraction of sp³-hybridized carbons (Fsp3) is 0.647. The first-order chi connectivity index (χ1) is 8.52. The van der Waals surface area contributed by atoms with Crippen molar-refractivity contribution in [3.8, 4) is 0 Å². The van der Waals surface area contributed by atoms with Crippen molar-refractivity contribution in [2.45, 2.75) is 65.2 Å². The summed E-state index contributed by atoms with van der Waals surface area (Å²) in [6.07, 6.45) is 6.59. The summed E-state index contributed by atoms with van der Waals surface area (Å²) in [6.45, 7) is 9.81.